The van der Waals surface area contributed by atoms with Crippen LogP contribution in [0.4, 0.5) is 0 Å². The Kier molecular flexibility index (Phi) is 4.32. The molecule has 122 valence electrons. The van der Waals surface area contributed by atoms with Crippen LogP contribution in [0, 0.1) is 11.8 Å². The lowest BCUT2D eigenvalue weighted by Crippen LogP contribution is -2.38. The minimum absolute atomic E-state index is 0.0105. The molecule has 2 aromatic rings. The van der Waals surface area contributed by atoms with Crippen LogP contribution in [0.5, 0.6) is 11.5 Å². The van der Waals surface area contributed by atoms with E-state index >= 15 is 0 Å². The lowest BCUT2D eigenvalue weighted by Gasteiger charge is -2.31. The van der Waals surface area contributed by atoms with Gasteiger partial charge >= 0.3 is 0 Å². The average molecular weight is 322 g/mol. The Morgan fingerprint density at radius 2 is 1.96 bits per heavy atom. The van der Waals surface area contributed by atoms with Crippen molar-refractivity contribution in [1.82, 2.24) is 9.88 Å². The van der Waals surface area contributed by atoms with Gasteiger partial charge in [-0.15, -0.1) is 0 Å². The van der Waals surface area contributed by atoms with E-state index in [1.54, 1.807) is 12.4 Å². The van der Waals surface area contributed by atoms with E-state index in [-0.39, 0.29) is 12.8 Å². The fourth-order valence-electron chi connectivity index (χ4n) is 2.89. The van der Waals surface area contributed by atoms with Crippen molar-refractivity contribution < 1.29 is 14.2 Å². The Balaban J connectivity index is 1.66. The van der Waals surface area contributed by atoms with Gasteiger partial charge in [0.25, 0.3) is 0 Å². The fraction of sp³-hybridized carbons (Fsp3) is 0.316. The van der Waals surface area contributed by atoms with Gasteiger partial charge in [0.2, 0.25) is 6.79 Å². The Morgan fingerprint density at radius 3 is 2.79 bits per heavy atom. The van der Waals surface area contributed by atoms with Crippen LogP contribution < -0.4 is 9.47 Å². The van der Waals surface area contributed by atoms with Gasteiger partial charge in [0, 0.05) is 31.0 Å². The summed E-state index contributed by atoms with van der Waals surface area (Å²) in [6.45, 7) is 3.47. The molecule has 2 aliphatic heterocycles. The van der Waals surface area contributed by atoms with E-state index in [0.29, 0.717) is 0 Å². The first-order valence-corrected chi connectivity index (χ1v) is 8.03. The first-order valence-electron chi connectivity index (χ1n) is 8.03. The first-order chi connectivity index (χ1) is 11.9. The summed E-state index contributed by atoms with van der Waals surface area (Å²) >= 11 is 0. The van der Waals surface area contributed by atoms with Crippen LogP contribution in [0.25, 0.3) is 0 Å². The van der Waals surface area contributed by atoms with E-state index in [4.69, 9.17) is 14.2 Å². The van der Waals surface area contributed by atoms with Gasteiger partial charge in [-0.2, -0.15) is 0 Å². The van der Waals surface area contributed by atoms with Gasteiger partial charge in [0.1, 0.15) is 0 Å². The van der Waals surface area contributed by atoms with Crippen molar-refractivity contribution in [3.63, 3.8) is 0 Å². The Bertz CT molecular complexity index is 761. The third-order valence-corrected chi connectivity index (χ3v) is 4.14. The summed E-state index contributed by atoms with van der Waals surface area (Å²) in [4.78, 5) is 6.46. The molecule has 24 heavy (non-hydrogen) atoms. The molecule has 0 bridgehead atoms. The maximum Gasteiger partial charge on any atom is 0.231 e. The maximum absolute atomic E-state index is 5.52. The minimum Gasteiger partial charge on any atom is -0.454 e. The molecular formula is C19H18N2O3. The van der Waals surface area contributed by atoms with Crippen molar-refractivity contribution in [3.05, 3.63) is 53.9 Å². The Hall–Kier alpha value is -2.55. The normalized spacial score (nSPS) is 17.8. The number of ether oxygens (including phenoxy) is 3. The summed E-state index contributed by atoms with van der Waals surface area (Å²) in [6, 6.07) is 9.90. The molecule has 0 aliphatic carbocycles. The van der Waals surface area contributed by atoms with Gasteiger partial charge < -0.3 is 14.2 Å². The van der Waals surface area contributed by atoms with Crippen LogP contribution in [0.2, 0.25) is 0 Å². The summed E-state index contributed by atoms with van der Waals surface area (Å²) in [7, 11) is 0. The molecule has 5 heteroatoms. The highest BCUT2D eigenvalue weighted by atomic mass is 16.7. The van der Waals surface area contributed by atoms with Crippen molar-refractivity contribution in [2.45, 2.75) is 6.04 Å². The molecule has 1 aromatic carbocycles. The summed E-state index contributed by atoms with van der Waals surface area (Å²) in [5.74, 6) is 8.22. The summed E-state index contributed by atoms with van der Waals surface area (Å²) in [5.41, 5.74) is 2.02. The number of morpholine rings is 1. The SMILES string of the molecule is C(#C[C@H](c1ccc2c(c1)OCO2)N1CCOCC1)c1cccnc1. The van der Waals surface area contributed by atoms with Gasteiger partial charge in [0.05, 0.1) is 19.3 Å². The van der Waals surface area contributed by atoms with Gasteiger partial charge in [-0.1, -0.05) is 17.9 Å². The quantitative estimate of drug-likeness (QED) is 0.794. The lowest BCUT2D eigenvalue weighted by atomic mass is 10.0. The van der Waals surface area contributed by atoms with Crippen LogP contribution >= 0.6 is 0 Å². The molecule has 1 atom stereocenters. The summed E-state index contributed by atoms with van der Waals surface area (Å²) < 4.78 is 16.4. The number of pyridine rings is 1. The number of nitrogens with zero attached hydrogens (tertiary/aromatic N) is 2. The van der Waals surface area contributed by atoms with Crippen molar-refractivity contribution in [2.75, 3.05) is 33.1 Å². The Morgan fingerprint density at radius 1 is 1.08 bits per heavy atom. The highest BCUT2D eigenvalue weighted by Gasteiger charge is 2.23. The van der Waals surface area contributed by atoms with Crippen LogP contribution in [0.1, 0.15) is 17.2 Å². The number of fused-ring (bicyclic) bond motifs is 1. The predicted molar refractivity (Wildman–Crippen MR) is 88.8 cm³/mol. The Labute approximate surface area is 141 Å². The minimum atomic E-state index is -0.0105. The van der Waals surface area contributed by atoms with Crippen molar-refractivity contribution in [1.29, 1.82) is 0 Å². The topological polar surface area (TPSA) is 43.8 Å². The number of benzene rings is 1. The third-order valence-electron chi connectivity index (χ3n) is 4.14. The molecule has 0 radical (unpaired) electrons. The molecule has 0 amide bonds. The van der Waals surface area contributed by atoms with E-state index in [0.717, 1.165) is 48.9 Å². The molecule has 2 aliphatic rings. The summed E-state index contributed by atoms with van der Waals surface area (Å²) in [6.07, 6.45) is 3.53. The second kappa shape index (κ2) is 6.91. The fourth-order valence-corrected chi connectivity index (χ4v) is 2.89. The molecule has 4 rings (SSSR count). The van der Waals surface area contributed by atoms with E-state index < -0.39 is 0 Å². The third kappa shape index (κ3) is 3.21. The lowest BCUT2D eigenvalue weighted by molar-refractivity contribution is 0.0269. The number of hydrogen-bond acceptors (Lipinski definition) is 5. The molecule has 0 unspecified atom stereocenters. The summed E-state index contributed by atoms with van der Waals surface area (Å²) in [5, 5.41) is 0. The van der Waals surface area contributed by atoms with Crippen molar-refractivity contribution in [3.8, 4) is 23.3 Å². The van der Waals surface area contributed by atoms with E-state index in [1.165, 1.54) is 0 Å². The zero-order valence-electron chi connectivity index (χ0n) is 13.3. The van der Waals surface area contributed by atoms with Gasteiger partial charge in [-0.3, -0.25) is 9.88 Å². The van der Waals surface area contributed by atoms with E-state index in [2.05, 4.69) is 27.8 Å². The van der Waals surface area contributed by atoms with Gasteiger partial charge in [-0.25, -0.2) is 0 Å². The van der Waals surface area contributed by atoms with Crippen molar-refractivity contribution in [2.24, 2.45) is 0 Å². The molecule has 0 saturated carbocycles. The molecule has 0 N–H and O–H groups in total. The smallest absolute Gasteiger partial charge is 0.231 e. The molecule has 1 aromatic heterocycles. The second-order valence-corrected chi connectivity index (χ2v) is 5.67. The number of aromatic nitrogens is 1. The molecular weight excluding hydrogens is 304 g/mol. The zero-order valence-corrected chi connectivity index (χ0v) is 13.3. The van der Waals surface area contributed by atoms with Crippen molar-refractivity contribution >= 4 is 0 Å². The average Bonchev–Trinajstić information content (AvgIpc) is 3.12. The standard InChI is InChI=1S/C19H18N2O3/c1-2-15(13-20-7-1)3-5-17(21-8-10-22-11-9-21)16-4-6-18-19(12-16)24-14-23-18/h1-2,4,6-7,12-13,17H,8-11,14H2/t17-/m1/s1. The van der Waals surface area contributed by atoms with Crippen LogP contribution in [-0.4, -0.2) is 43.0 Å². The van der Waals surface area contributed by atoms with Gasteiger partial charge in [0.15, 0.2) is 11.5 Å². The highest BCUT2D eigenvalue weighted by molar-refractivity contribution is 5.47. The van der Waals surface area contributed by atoms with Crippen LogP contribution in [-0.2, 0) is 4.74 Å². The molecule has 1 fully saturated rings. The van der Waals surface area contributed by atoms with E-state index in [1.807, 2.05) is 24.3 Å². The number of rotatable bonds is 2. The number of hydrogen-bond donors (Lipinski definition) is 0. The van der Waals surface area contributed by atoms with Crippen LogP contribution in [0.3, 0.4) is 0 Å². The largest absolute Gasteiger partial charge is 0.454 e. The predicted octanol–water partition coefficient (Wildman–Crippen LogP) is 2.24. The molecule has 5 nitrogen and oxygen atoms in total. The maximum atomic E-state index is 5.52. The zero-order chi connectivity index (χ0) is 16.2. The molecule has 1 saturated heterocycles. The molecule has 3 heterocycles. The van der Waals surface area contributed by atoms with Crippen LogP contribution in [0.15, 0.2) is 42.7 Å². The monoisotopic (exact) mass is 322 g/mol. The van der Waals surface area contributed by atoms with Gasteiger partial charge in [-0.05, 0) is 29.8 Å². The molecule has 0 spiro atoms. The first kappa shape index (κ1) is 15.0. The van der Waals surface area contributed by atoms with E-state index in [9.17, 15) is 0 Å². The second-order valence-electron chi connectivity index (χ2n) is 5.67. The highest BCUT2D eigenvalue weighted by Crippen LogP contribution is 2.35.